The summed E-state index contributed by atoms with van der Waals surface area (Å²) in [5, 5.41) is 6.36. The lowest BCUT2D eigenvalue weighted by Gasteiger charge is -2.18. The number of likely N-dealkylation sites (N-methyl/N-ethyl adjacent to an activating group) is 1. The number of aromatic nitrogens is 1. The van der Waals surface area contributed by atoms with Gasteiger partial charge in [0.05, 0.1) is 13.1 Å². The summed E-state index contributed by atoms with van der Waals surface area (Å²) in [6.07, 6.45) is 2.56. The van der Waals surface area contributed by atoms with E-state index in [4.69, 9.17) is 4.42 Å². The number of hydrogen-bond donors (Lipinski definition) is 2. The highest BCUT2D eigenvalue weighted by molar-refractivity contribution is 14.0. The molecule has 1 unspecified atom stereocenters. The van der Waals surface area contributed by atoms with Crippen LogP contribution in [0.2, 0.25) is 0 Å². The van der Waals surface area contributed by atoms with Crippen LogP contribution in [0.3, 0.4) is 0 Å². The fraction of sp³-hybridized carbons (Fsp3) is 0.450. The molecule has 1 atom stereocenters. The van der Waals surface area contributed by atoms with Gasteiger partial charge >= 0.3 is 0 Å². The summed E-state index contributed by atoms with van der Waals surface area (Å²) in [6.45, 7) is 6.74. The van der Waals surface area contributed by atoms with Crippen LogP contribution in [0.4, 0.5) is 0 Å². The smallest absolute Gasteiger partial charge is 0.241 e. The largest absolute Gasteiger partial charge is 0.444 e. The average Bonchev–Trinajstić information content (AvgIpc) is 3.12. The molecule has 2 N–H and O–H groups in total. The van der Waals surface area contributed by atoms with Crippen molar-refractivity contribution >= 4 is 35.8 Å². The van der Waals surface area contributed by atoms with Gasteiger partial charge < -0.3 is 20.0 Å². The summed E-state index contributed by atoms with van der Waals surface area (Å²) in [7, 11) is 3.45. The fourth-order valence-corrected chi connectivity index (χ4v) is 2.17. The van der Waals surface area contributed by atoms with Crippen molar-refractivity contribution in [3.05, 3.63) is 41.8 Å². The van der Waals surface area contributed by atoms with Crippen molar-refractivity contribution in [1.29, 1.82) is 0 Å². The number of rotatable bonds is 7. The highest BCUT2D eigenvalue weighted by Gasteiger charge is 2.10. The molecule has 0 fully saturated rings. The van der Waals surface area contributed by atoms with Crippen LogP contribution < -0.4 is 10.6 Å². The molecule has 1 aromatic heterocycles. The van der Waals surface area contributed by atoms with Crippen molar-refractivity contribution in [2.45, 2.75) is 39.8 Å². The lowest BCUT2D eigenvalue weighted by molar-refractivity contribution is -0.127. The molecule has 8 heteroatoms. The van der Waals surface area contributed by atoms with Crippen LogP contribution in [0.5, 0.6) is 0 Å². The van der Waals surface area contributed by atoms with E-state index in [1.807, 2.05) is 31.2 Å². The number of halogens is 1. The predicted octanol–water partition coefficient (Wildman–Crippen LogP) is 3.19. The molecule has 0 aliphatic carbocycles. The zero-order valence-electron chi connectivity index (χ0n) is 17.2. The molecule has 2 aromatic rings. The number of benzene rings is 1. The molecule has 1 heterocycles. The van der Waals surface area contributed by atoms with Crippen molar-refractivity contribution in [3.8, 4) is 11.5 Å². The van der Waals surface area contributed by atoms with Crippen molar-refractivity contribution in [3.63, 3.8) is 0 Å². The van der Waals surface area contributed by atoms with Gasteiger partial charge in [0.1, 0.15) is 12.0 Å². The van der Waals surface area contributed by atoms with Gasteiger partial charge in [0.2, 0.25) is 11.8 Å². The van der Waals surface area contributed by atoms with Crippen molar-refractivity contribution in [1.82, 2.24) is 20.5 Å². The quantitative estimate of drug-likeness (QED) is 0.348. The Morgan fingerprint density at radius 2 is 1.96 bits per heavy atom. The molecule has 0 radical (unpaired) electrons. The van der Waals surface area contributed by atoms with Crippen molar-refractivity contribution in [2.75, 3.05) is 20.6 Å². The number of carbonyl (C=O) groups is 1. The number of nitrogens with one attached hydrogen (secondary N) is 2. The van der Waals surface area contributed by atoms with E-state index in [1.54, 1.807) is 25.3 Å². The molecule has 28 heavy (non-hydrogen) atoms. The lowest BCUT2D eigenvalue weighted by atomic mass is 10.1. The van der Waals surface area contributed by atoms with Gasteiger partial charge in [-0.3, -0.25) is 4.79 Å². The Morgan fingerprint density at radius 1 is 1.29 bits per heavy atom. The summed E-state index contributed by atoms with van der Waals surface area (Å²) >= 11 is 0. The molecule has 1 aromatic carbocycles. The minimum atomic E-state index is -0.0169. The van der Waals surface area contributed by atoms with Crippen LogP contribution in [-0.2, 0) is 11.3 Å². The van der Waals surface area contributed by atoms with Gasteiger partial charge in [0, 0.05) is 25.7 Å². The molecular formula is C20H30IN5O2. The van der Waals surface area contributed by atoms with E-state index in [0.29, 0.717) is 18.4 Å². The molecule has 0 bridgehead atoms. The highest BCUT2D eigenvalue weighted by atomic mass is 127. The Hall–Kier alpha value is -2.10. The van der Waals surface area contributed by atoms with Gasteiger partial charge in [-0.2, -0.15) is 0 Å². The maximum atomic E-state index is 11.8. The molecular weight excluding hydrogens is 469 g/mol. The van der Waals surface area contributed by atoms with Gasteiger partial charge in [-0.25, -0.2) is 9.98 Å². The molecule has 0 aliphatic heterocycles. The maximum Gasteiger partial charge on any atom is 0.241 e. The molecule has 0 saturated carbocycles. The summed E-state index contributed by atoms with van der Waals surface area (Å²) in [5.74, 6) is 1.14. The van der Waals surface area contributed by atoms with E-state index in [-0.39, 0.29) is 42.5 Å². The maximum absolute atomic E-state index is 11.8. The summed E-state index contributed by atoms with van der Waals surface area (Å²) < 4.78 is 5.57. The van der Waals surface area contributed by atoms with E-state index in [1.165, 1.54) is 5.56 Å². The summed E-state index contributed by atoms with van der Waals surface area (Å²) in [5.41, 5.74) is 2.85. The third kappa shape index (κ3) is 7.49. The minimum absolute atomic E-state index is 0. The number of aryl methyl sites for hydroxylation is 1. The van der Waals surface area contributed by atoms with Crippen LogP contribution >= 0.6 is 24.0 Å². The van der Waals surface area contributed by atoms with Gasteiger partial charge in [0.15, 0.2) is 5.96 Å². The third-order valence-corrected chi connectivity index (χ3v) is 4.15. The molecule has 0 saturated heterocycles. The summed E-state index contributed by atoms with van der Waals surface area (Å²) in [6, 6.07) is 8.26. The Morgan fingerprint density at radius 3 is 2.57 bits per heavy atom. The normalized spacial score (nSPS) is 12.1. The Labute approximate surface area is 184 Å². The monoisotopic (exact) mass is 499 g/mol. The molecule has 1 amide bonds. The topological polar surface area (TPSA) is 82.8 Å². The van der Waals surface area contributed by atoms with E-state index in [9.17, 15) is 4.79 Å². The minimum Gasteiger partial charge on any atom is -0.444 e. The zero-order valence-corrected chi connectivity index (χ0v) is 19.5. The van der Waals surface area contributed by atoms with Crippen molar-refractivity contribution in [2.24, 2.45) is 4.99 Å². The first-order chi connectivity index (χ1) is 12.9. The van der Waals surface area contributed by atoms with Gasteiger partial charge in [-0.15, -0.1) is 24.0 Å². The molecule has 0 aliphatic rings. The van der Waals surface area contributed by atoms with Crippen LogP contribution in [0.15, 0.2) is 39.9 Å². The van der Waals surface area contributed by atoms with E-state index in [2.05, 4.69) is 34.5 Å². The first kappa shape index (κ1) is 23.9. The first-order valence-corrected chi connectivity index (χ1v) is 9.15. The van der Waals surface area contributed by atoms with Crippen LogP contribution in [0.25, 0.3) is 11.5 Å². The van der Waals surface area contributed by atoms with E-state index < -0.39 is 0 Å². The second-order valence-electron chi connectivity index (χ2n) is 6.77. The number of guanidine groups is 1. The fourth-order valence-electron chi connectivity index (χ4n) is 2.17. The molecule has 7 nitrogen and oxygen atoms in total. The highest BCUT2D eigenvalue weighted by Crippen LogP contribution is 2.19. The first-order valence-electron chi connectivity index (χ1n) is 9.15. The SMILES string of the molecule is CCC(C)NC(=NCc1coc(-c2ccc(C)cc2)n1)NCC(=O)N(C)C.I. The van der Waals surface area contributed by atoms with Crippen LogP contribution in [0.1, 0.15) is 31.5 Å². The van der Waals surface area contributed by atoms with Gasteiger partial charge in [-0.1, -0.05) is 24.6 Å². The van der Waals surface area contributed by atoms with Crippen molar-refractivity contribution < 1.29 is 9.21 Å². The summed E-state index contributed by atoms with van der Waals surface area (Å²) in [4.78, 5) is 22.4. The Kier molecular flexibility index (Phi) is 9.98. The number of nitrogens with zero attached hydrogens (tertiary/aromatic N) is 3. The van der Waals surface area contributed by atoms with Gasteiger partial charge in [0.25, 0.3) is 0 Å². The third-order valence-electron chi connectivity index (χ3n) is 4.15. The number of aliphatic imine (C=N–C) groups is 1. The second-order valence-corrected chi connectivity index (χ2v) is 6.77. The molecule has 154 valence electrons. The average molecular weight is 499 g/mol. The lowest BCUT2D eigenvalue weighted by Crippen LogP contribution is -2.45. The van der Waals surface area contributed by atoms with Crippen LogP contribution in [0, 0.1) is 6.92 Å². The second kappa shape index (κ2) is 11.7. The zero-order chi connectivity index (χ0) is 19.8. The Balaban J connectivity index is 0.00000392. The number of carbonyl (C=O) groups excluding carboxylic acids is 1. The number of oxazole rings is 1. The molecule has 2 rings (SSSR count). The Bertz CT molecular complexity index is 771. The van der Waals surface area contributed by atoms with Crippen LogP contribution in [-0.4, -0.2) is 48.4 Å². The van der Waals surface area contributed by atoms with E-state index in [0.717, 1.165) is 17.7 Å². The molecule has 0 spiro atoms. The van der Waals surface area contributed by atoms with Gasteiger partial charge in [-0.05, 0) is 32.4 Å². The number of hydrogen-bond acceptors (Lipinski definition) is 4. The van der Waals surface area contributed by atoms with E-state index >= 15 is 0 Å². The standard InChI is InChI=1S/C20H29N5O2.HI/c1-6-15(3)23-20(22-12-18(26)25(4)5)21-11-17-13-27-19(24-17)16-9-7-14(2)8-10-16;/h7-10,13,15H,6,11-12H2,1-5H3,(H2,21,22,23);1H. The number of amides is 1. The predicted molar refractivity (Wildman–Crippen MR) is 123 cm³/mol.